The van der Waals surface area contributed by atoms with Gasteiger partial charge in [-0.15, -0.1) is 36.1 Å². The highest BCUT2D eigenvalue weighted by Gasteiger charge is 2.31. The number of carbonyl (C=O) groups excluding carboxylic acids is 2. The molecule has 2 aromatic heterocycles. The van der Waals surface area contributed by atoms with Gasteiger partial charge in [-0.2, -0.15) is 9.78 Å². The van der Waals surface area contributed by atoms with Gasteiger partial charge in [0.15, 0.2) is 5.69 Å². The van der Waals surface area contributed by atoms with Gasteiger partial charge in [-0.3, -0.25) is 9.59 Å². The van der Waals surface area contributed by atoms with Gasteiger partial charge in [-0.05, 0) is 38.1 Å². The first kappa shape index (κ1) is 23.5. The molecule has 0 spiro atoms. The minimum atomic E-state index is -4.88. The largest absolute Gasteiger partial charge is 0.573 e. The lowest BCUT2D eigenvalue weighted by atomic mass is 10.2. The number of hydrogen-bond donors (Lipinski definition) is 1. The fraction of sp³-hybridized carbons (Fsp3) is 0.263. The second-order valence-electron chi connectivity index (χ2n) is 6.29. The van der Waals surface area contributed by atoms with Crippen LogP contribution in [0.4, 0.5) is 18.2 Å². The molecule has 0 aliphatic rings. The van der Waals surface area contributed by atoms with Crippen LogP contribution in [0.1, 0.15) is 24.3 Å². The molecule has 1 amide bonds. The zero-order chi connectivity index (χ0) is 23.6. The third-order valence-corrected chi connectivity index (χ3v) is 5.13. The van der Waals surface area contributed by atoms with Crippen LogP contribution >= 0.6 is 22.9 Å². The van der Waals surface area contributed by atoms with Crippen LogP contribution in [-0.2, 0) is 9.53 Å². The fourth-order valence-electron chi connectivity index (χ4n) is 2.67. The average molecular weight is 490 g/mol. The second-order valence-corrected chi connectivity index (χ2v) is 7.82. The number of alkyl halides is 4. The molecule has 3 rings (SSSR count). The third-order valence-electron chi connectivity index (χ3n) is 4.03. The van der Waals surface area contributed by atoms with E-state index >= 15 is 0 Å². The van der Waals surface area contributed by atoms with Crippen molar-refractivity contribution in [1.82, 2.24) is 9.78 Å². The third kappa shape index (κ3) is 5.02. The van der Waals surface area contributed by atoms with Gasteiger partial charge in [0, 0.05) is 10.8 Å². The van der Waals surface area contributed by atoms with E-state index in [9.17, 15) is 27.6 Å². The normalized spacial score (nSPS) is 12.4. The summed E-state index contributed by atoms with van der Waals surface area (Å²) in [5, 5.41) is 7.44. The summed E-state index contributed by atoms with van der Waals surface area (Å²) in [5.74, 6) is -1.88. The molecule has 1 aromatic carbocycles. The van der Waals surface area contributed by atoms with Gasteiger partial charge in [0.25, 0.3) is 5.56 Å². The molecule has 0 saturated heterocycles. The number of hydrogen-bond acceptors (Lipinski definition) is 7. The van der Waals surface area contributed by atoms with Crippen LogP contribution in [0.25, 0.3) is 16.5 Å². The standard InChI is InChI=1S/C19H15ClF3N3O5S/c1-3-30-18(29)14-12-8-32-16(24-15(27)9(2)20)13(12)17(28)26(25-14)10-4-6-11(7-5-10)31-19(21,22)23/h4-9H,3H2,1-2H3,(H,24,27). The summed E-state index contributed by atoms with van der Waals surface area (Å²) in [7, 11) is 0. The molecule has 0 radical (unpaired) electrons. The number of amides is 1. The number of halogens is 4. The van der Waals surface area contributed by atoms with Crippen LogP contribution in [0.15, 0.2) is 34.4 Å². The van der Waals surface area contributed by atoms with E-state index in [1.807, 2.05) is 0 Å². The van der Waals surface area contributed by atoms with Crippen molar-refractivity contribution >= 4 is 50.6 Å². The molecule has 1 N–H and O–H groups in total. The van der Waals surface area contributed by atoms with E-state index in [0.717, 1.165) is 28.2 Å². The molecule has 8 nitrogen and oxygen atoms in total. The molecule has 0 bridgehead atoms. The number of benzene rings is 1. The van der Waals surface area contributed by atoms with Crippen molar-refractivity contribution in [3.8, 4) is 11.4 Å². The monoisotopic (exact) mass is 489 g/mol. The Morgan fingerprint density at radius 1 is 1.28 bits per heavy atom. The van der Waals surface area contributed by atoms with E-state index in [4.69, 9.17) is 16.3 Å². The van der Waals surface area contributed by atoms with E-state index < -0.39 is 34.9 Å². The Kier molecular flexibility index (Phi) is 6.74. The first-order chi connectivity index (χ1) is 15.0. The molecule has 32 heavy (non-hydrogen) atoms. The van der Waals surface area contributed by atoms with Crippen molar-refractivity contribution in [1.29, 1.82) is 0 Å². The van der Waals surface area contributed by atoms with Crippen LogP contribution in [0, 0.1) is 0 Å². The van der Waals surface area contributed by atoms with Crippen LogP contribution in [0.3, 0.4) is 0 Å². The number of nitrogens with zero attached hydrogens (tertiary/aromatic N) is 2. The van der Waals surface area contributed by atoms with E-state index in [1.54, 1.807) is 6.92 Å². The first-order valence-corrected chi connectivity index (χ1v) is 10.4. The number of anilines is 1. The summed E-state index contributed by atoms with van der Waals surface area (Å²) < 4.78 is 46.9. The number of rotatable bonds is 6. The van der Waals surface area contributed by atoms with E-state index in [-0.39, 0.29) is 33.8 Å². The van der Waals surface area contributed by atoms with Crippen molar-refractivity contribution in [3.05, 3.63) is 45.7 Å². The maximum absolute atomic E-state index is 13.2. The van der Waals surface area contributed by atoms with E-state index in [1.165, 1.54) is 24.4 Å². The van der Waals surface area contributed by atoms with E-state index in [0.29, 0.717) is 0 Å². The Labute approximate surface area is 187 Å². The Bertz CT molecular complexity index is 1220. The number of fused-ring (bicyclic) bond motifs is 1. The average Bonchev–Trinajstić information content (AvgIpc) is 3.12. The van der Waals surface area contributed by atoms with Gasteiger partial charge in [0.05, 0.1) is 17.7 Å². The summed E-state index contributed by atoms with van der Waals surface area (Å²) in [6.07, 6.45) is -4.88. The Hall–Kier alpha value is -3.12. The summed E-state index contributed by atoms with van der Waals surface area (Å²) in [6, 6.07) is 4.33. The summed E-state index contributed by atoms with van der Waals surface area (Å²) in [6.45, 7) is 3.08. The molecular weight excluding hydrogens is 475 g/mol. The van der Waals surface area contributed by atoms with Gasteiger partial charge in [0.2, 0.25) is 5.91 Å². The lowest BCUT2D eigenvalue weighted by molar-refractivity contribution is -0.274. The van der Waals surface area contributed by atoms with E-state index in [2.05, 4.69) is 15.2 Å². The molecular formula is C19H15ClF3N3O5S. The SMILES string of the molecule is CCOC(=O)c1nn(-c2ccc(OC(F)(F)F)cc2)c(=O)c2c(NC(=O)C(C)Cl)scc12. The number of esters is 1. The second kappa shape index (κ2) is 9.17. The molecule has 170 valence electrons. The number of aromatic nitrogens is 2. The van der Waals surface area contributed by atoms with Gasteiger partial charge in [0.1, 0.15) is 16.1 Å². The van der Waals surface area contributed by atoms with Gasteiger partial charge in [-0.1, -0.05) is 0 Å². The van der Waals surface area contributed by atoms with Crippen LogP contribution in [-0.4, -0.2) is 40.0 Å². The quantitative estimate of drug-likeness (QED) is 0.413. The molecule has 2 heterocycles. The van der Waals surface area contributed by atoms with Gasteiger partial charge >= 0.3 is 12.3 Å². The van der Waals surface area contributed by atoms with Gasteiger partial charge < -0.3 is 14.8 Å². The molecule has 1 atom stereocenters. The highest BCUT2D eigenvalue weighted by molar-refractivity contribution is 7.16. The predicted octanol–water partition coefficient (Wildman–Crippen LogP) is 4.09. The van der Waals surface area contributed by atoms with Crippen LogP contribution in [0.2, 0.25) is 0 Å². The van der Waals surface area contributed by atoms with Crippen molar-refractivity contribution < 1.29 is 32.2 Å². The summed E-state index contributed by atoms with van der Waals surface area (Å²) >= 11 is 6.77. The Morgan fingerprint density at radius 3 is 2.50 bits per heavy atom. The Balaban J connectivity index is 2.17. The van der Waals surface area contributed by atoms with Crippen molar-refractivity contribution in [3.63, 3.8) is 0 Å². The Morgan fingerprint density at radius 2 is 1.94 bits per heavy atom. The van der Waals surface area contributed by atoms with Crippen molar-refractivity contribution in [2.75, 3.05) is 11.9 Å². The zero-order valence-electron chi connectivity index (χ0n) is 16.5. The maximum atomic E-state index is 13.2. The summed E-state index contributed by atoms with van der Waals surface area (Å²) in [5.41, 5.74) is -0.852. The minimum absolute atomic E-state index is 0.0191. The first-order valence-electron chi connectivity index (χ1n) is 9.04. The lowest BCUT2D eigenvalue weighted by Crippen LogP contribution is -2.26. The molecule has 0 fully saturated rings. The van der Waals surface area contributed by atoms with Crippen LogP contribution < -0.4 is 15.6 Å². The highest BCUT2D eigenvalue weighted by atomic mass is 35.5. The number of nitrogens with one attached hydrogen (secondary N) is 1. The predicted molar refractivity (Wildman–Crippen MR) is 112 cm³/mol. The smallest absolute Gasteiger partial charge is 0.461 e. The van der Waals surface area contributed by atoms with Crippen molar-refractivity contribution in [2.45, 2.75) is 25.6 Å². The fourth-order valence-corrected chi connectivity index (χ4v) is 3.66. The molecule has 13 heteroatoms. The maximum Gasteiger partial charge on any atom is 0.573 e. The number of ether oxygens (including phenoxy) is 2. The molecule has 0 saturated carbocycles. The highest BCUT2D eigenvalue weighted by Crippen LogP contribution is 2.31. The zero-order valence-corrected chi connectivity index (χ0v) is 18.1. The molecule has 0 aliphatic heterocycles. The van der Waals surface area contributed by atoms with Crippen LogP contribution in [0.5, 0.6) is 5.75 Å². The number of thiophene rings is 1. The minimum Gasteiger partial charge on any atom is -0.461 e. The molecule has 3 aromatic rings. The molecule has 0 aliphatic carbocycles. The molecule has 1 unspecified atom stereocenters. The number of carbonyl (C=O) groups is 2. The lowest BCUT2D eigenvalue weighted by Gasteiger charge is -2.12. The topological polar surface area (TPSA) is 99.5 Å². The van der Waals surface area contributed by atoms with Gasteiger partial charge in [-0.25, -0.2) is 4.79 Å². The summed E-state index contributed by atoms with van der Waals surface area (Å²) in [4.78, 5) is 37.7. The van der Waals surface area contributed by atoms with Crippen molar-refractivity contribution in [2.24, 2.45) is 0 Å².